The molecular weight excluding hydrogens is 481 g/mol. The van der Waals surface area contributed by atoms with Crippen molar-refractivity contribution in [2.45, 2.75) is 0 Å². The summed E-state index contributed by atoms with van der Waals surface area (Å²) in [5.74, 6) is -0.303. The summed E-state index contributed by atoms with van der Waals surface area (Å²) in [6.07, 6.45) is 1.35. The minimum Gasteiger partial charge on any atom is -0.506 e. The molecule has 2 rings (SSSR count). The van der Waals surface area contributed by atoms with Gasteiger partial charge in [-0.25, -0.2) is 0 Å². The quantitative estimate of drug-likeness (QED) is 0.157. The van der Waals surface area contributed by atoms with Crippen molar-refractivity contribution >= 4 is 45.9 Å². The van der Waals surface area contributed by atoms with Gasteiger partial charge in [0.2, 0.25) is 0 Å². The number of carbonyl (C=O) groups is 1. The molecule has 0 saturated heterocycles. The number of rotatable bonds is 6. The summed E-state index contributed by atoms with van der Waals surface area (Å²) in [7, 11) is 2.97. The molecule has 0 fully saturated rings. The maximum absolute atomic E-state index is 12.4. The molecule has 28 heavy (non-hydrogen) atoms. The second kappa shape index (κ2) is 9.05. The van der Waals surface area contributed by atoms with E-state index in [-0.39, 0.29) is 16.9 Å². The van der Waals surface area contributed by atoms with E-state index in [1.165, 1.54) is 26.4 Å². The van der Waals surface area contributed by atoms with E-state index in [1.807, 2.05) is 22.6 Å². The van der Waals surface area contributed by atoms with Crippen molar-refractivity contribution in [2.75, 3.05) is 19.5 Å². The minimum absolute atomic E-state index is 0.0568. The Labute approximate surface area is 173 Å². The number of nitrogens with one attached hydrogen (secondary N) is 1. The number of amides is 1. The van der Waals surface area contributed by atoms with Crippen molar-refractivity contribution in [1.29, 1.82) is 5.26 Å². The molecule has 0 heterocycles. The lowest BCUT2D eigenvalue weighted by Crippen LogP contribution is -2.13. The van der Waals surface area contributed by atoms with E-state index in [1.54, 1.807) is 18.2 Å². The molecule has 9 nitrogen and oxygen atoms in total. The van der Waals surface area contributed by atoms with Gasteiger partial charge >= 0.3 is 0 Å². The van der Waals surface area contributed by atoms with Crippen molar-refractivity contribution in [2.24, 2.45) is 0 Å². The van der Waals surface area contributed by atoms with Crippen LogP contribution in [0.15, 0.2) is 35.9 Å². The number of methoxy groups -OCH3 is 2. The summed E-state index contributed by atoms with van der Waals surface area (Å²) in [5, 5.41) is 32.2. The summed E-state index contributed by atoms with van der Waals surface area (Å²) in [6.45, 7) is 0. The number of nitrogens with zero attached hydrogens (tertiary/aromatic N) is 2. The third kappa shape index (κ3) is 4.68. The monoisotopic (exact) mass is 495 g/mol. The van der Waals surface area contributed by atoms with E-state index >= 15 is 0 Å². The summed E-state index contributed by atoms with van der Waals surface area (Å²) in [6, 6.07) is 8.31. The predicted octanol–water partition coefficient (Wildman–Crippen LogP) is 3.47. The predicted molar refractivity (Wildman–Crippen MR) is 109 cm³/mol. The van der Waals surface area contributed by atoms with Gasteiger partial charge in [-0.1, -0.05) is 0 Å². The fourth-order valence-electron chi connectivity index (χ4n) is 2.27. The van der Waals surface area contributed by atoms with Gasteiger partial charge in [-0.2, -0.15) is 5.26 Å². The number of nitro groups is 1. The number of hydrogen-bond donors (Lipinski definition) is 2. The molecule has 0 saturated carbocycles. The first-order chi connectivity index (χ1) is 13.3. The lowest BCUT2D eigenvalue weighted by molar-refractivity contribution is -0.384. The highest BCUT2D eigenvalue weighted by Gasteiger charge is 2.16. The lowest BCUT2D eigenvalue weighted by Gasteiger charge is -2.11. The van der Waals surface area contributed by atoms with E-state index in [2.05, 4.69) is 5.32 Å². The first-order valence-electron chi connectivity index (χ1n) is 7.62. The number of anilines is 1. The second-order valence-corrected chi connectivity index (χ2v) is 6.48. The number of phenolic OH excluding ortho intramolecular Hbond substituents is 1. The normalized spacial score (nSPS) is 10.7. The fourth-order valence-corrected chi connectivity index (χ4v) is 3.11. The molecule has 0 aliphatic heterocycles. The average Bonchev–Trinajstić information content (AvgIpc) is 2.66. The SMILES string of the molecule is COc1cc(C=C(C#N)C(=O)Nc2ccc([N+](=O)[O-])cc2O)cc(I)c1OC. The van der Waals surface area contributed by atoms with Gasteiger partial charge in [-0.05, 0) is 52.4 Å². The van der Waals surface area contributed by atoms with Gasteiger partial charge in [0.25, 0.3) is 11.6 Å². The van der Waals surface area contributed by atoms with Gasteiger partial charge in [-0.15, -0.1) is 0 Å². The Hall–Kier alpha value is -3.33. The van der Waals surface area contributed by atoms with Gasteiger partial charge in [-0.3, -0.25) is 14.9 Å². The molecule has 2 aromatic rings. The van der Waals surface area contributed by atoms with Crippen LogP contribution in [0.1, 0.15) is 5.56 Å². The molecule has 0 aromatic heterocycles. The Bertz CT molecular complexity index is 1010. The van der Waals surface area contributed by atoms with Gasteiger partial charge < -0.3 is 19.9 Å². The molecule has 10 heteroatoms. The first kappa shape index (κ1) is 21.0. The lowest BCUT2D eigenvalue weighted by atomic mass is 10.1. The van der Waals surface area contributed by atoms with Crippen molar-refractivity contribution < 1.29 is 24.3 Å². The maximum atomic E-state index is 12.4. The molecule has 0 aliphatic rings. The zero-order chi connectivity index (χ0) is 20.8. The van der Waals surface area contributed by atoms with Crippen LogP contribution in [0, 0.1) is 25.0 Å². The standard InChI is InChI=1S/C18H14IN3O6/c1-27-16-7-10(6-13(19)17(16)28-2)5-11(9-20)18(24)21-14-4-3-12(22(25)26)8-15(14)23/h3-8,23H,1-2H3,(H,21,24). The number of non-ortho nitro benzene ring substituents is 1. The number of hydrogen-bond acceptors (Lipinski definition) is 7. The number of carbonyl (C=O) groups excluding carboxylic acids is 1. The number of benzene rings is 2. The summed E-state index contributed by atoms with van der Waals surface area (Å²) < 4.78 is 11.2. The molecule has 2 aromatic carbocycles. The smallest absolute Gasteiger partial charge is 0.273 e. The van der Waals surface area contributed by atoms with Crippen LogP contribution < -0.4 is 14.8 Å². The average molecular weight is 495 g/mol. The summed E-state index contributed by atoms with van der Waals surface area (Å²) in [5.41, 5.74) is -0.0902. The Morgan fingerprint density at radius 3 is 2.57 bits per heavy atom. The van der Waals surface area contributed by atoms with Crippen LogP contribution in [0.5, 0.6) is 17.2 Å². The summed E-state index contributed by atoms with van der Waals surface area (Å²) >= 11 is 2.04. The Morgan fingerprint density at radius 2 is 2.04 bits per heavy atom. The van der Waals surface area contributed by atoms with Crippen LogP contribution in [-0.2, 0) is 4.79 Å². The highest BCUT2D eigenvalue weighted by Crippen LogP contribution is 2.34. The van der Waals surface area contributed by atoms with Crippen LogP contribution in [0.3, 0.4) is 0 Å². The molecule has 144 valence electrons. The number of ether oxygens (including phenoxy) is 2. The highest BCUT2D eigenvalue weighted by atomic mass is 127. The van der Waals surface area contributed by atoms with Crippen molar-refractivity contribution in [3.8, 4) is 23.3 Å². The molecule has 0 unspecified atom stereocenters. The third-order valence-corrected chi connectivity index (χ3v) is 4.37. The van der Waals surface area contributed by atoms with Crippen LogP contribution in [0.25, 0.3) is 6.08 Å². The molecule has 0 bridgehead atoms. The maximum Gasteiger partial charge on any atom is 0.273 e. The molecular formula is C18H14IN3O6. The largest absolute Gasteiger partial charge is 0.506 e. The fraction of sp³-hybridized carbons (Fsp3) is 0.111. The minimum atomic E-state index is -0.781. The third-order valence-electron chi connectivity index (χ3n) is 3.57. The van der Waals surface area contributed by atoms with E-state index in [0.29, 0.717) is 17.1 Å². The molecule has 0 spiro atoms. The number of phenols is 1. The van der Waals surface area contributed by atoms with Gasteiger partial charge in [0.15, 0.2) is 11.5 Å². The Balaban J connectivity index is 2.33. The zero-order valence-electron chi connectivity index (χ0n) is 14.7. The molecule has 1 amide bonds. The van der Waals surface area contributed by atoms with E-state index in [0.717, 1.165) is 15.7 Å². The van der Waals surface area contributed by atoms with E-state index in [9.17, 15) is 25.3 Å². The number of nitro benzene ring substituents is 1. The number of aromatic hydroxyl groups is 1. The van der Waals surface area contributed by atoms with Crippen molar-refractivity contribution in [1.82, 2.24) is 0 Å². The van der Waals surface area contributed by atoms with E-state index < -0.39 is 16.6 Å². The molecule has 0 radical (unpaired) electrons. The Kier molecular flexibility index (Phi) is 6.78. The second-order valence-electron chi connectivity index (χ2n) is 5.32. The molecule has 2 N–H and O–H groups in total. The number of nitriles is 1. The molecule has 0 aliphatic carbocycles. The van der Waals surface area contributed by atoms with Crippen molar-refractivity contribution in [3.63, 3.8) is 0 Å². The van der Waals surface area contributed by atoms with Crippen LogP contribution in [0.2, 0.25) is 0 Å². The van der Waals surface area contributed by atoms with Gasteiger partial charge in [0.1, 0.15) is 17.4 Å². The van der Waals surface area contributed by atoms with Crippen molar-refractivity contribution in [3.05, 3.63) is 55.2 Å². The first-order valence-corrected chi connectivity index (χ1v) is 8.70. The van der Waals surface area contributed by atoms with Crippen LogP contribution in [0.4, 0.5) is 11.4 Å². The van der Waals surface area contributed by atoms with Gasteiger partial charge in [0.05, 0.1) is 34.5 Å². The Morgan fingerprint density at radius 1 is 1.32 bits per heavy atom. The van der Waals surface area contributed by atoms with Gasteiger partial charge in [0, 0.05) is 6.07 Å². The zero-order valence-corrected chi connectivity index (χ0v) is 16.9. The number of halogens is 1. The topological polar surface area (TPSA) is 135 Å². The molecule has 0 atom stereocenters. The van der Waals surface area contributed by atoms with Crippen LogP contribution >= 0.6 is 22.6 Å². The highest BCUT2D eigenvalue weighted by molar-refractivity contribution is 14.1. The van der Waals surface area contributed by atoms with Crippen LogP contribution in [-0.4, -0.2) is 30.2 Å². The summed E-state index contributed by atoms with van der Waals surface area (Å²) in [4.78, 5) is 22.4. The van der Waals surface area contributed by atoms with E-state index in [4.69, 9.17) is 9.47 Å².